The van der Waals surface area contributed by atoms with Crippen LogP contribution in [-0.4, -0.2) is 49.3 Å². The Labute approximate surface area is 178 Å². The Morgan fingerprint density at radius 2 is 1.93 bits per heavy atom. The first-order valence-electron chi connectivity index (χ1n) is 11.0. The number of aliphatic hydroxyl groups excluding tert-OH is 1. The van der Waals surface area contributed by atoms with Crippen LogP contribution in [0.25, 0.3) is 11.1 Å². The first kappa shape index (κ1) is 19.4. The summed E-state index contributed by atoms with van der Waals surface area (Å²) in [4.78, 5) is 17.4. The van der Waals surface area contributed by atoms with Crippen molar-refractivity contribution in [3.05, 3.63) is 48.0 Å². The van der Waals surface area contributed by atoms with Crippen LogP contribution in [-0.2, 0) is 4.79 Å². The predicted molar refractivity (Wildman–Crippen MR) is 118 cm³/mol. The molecule has 0 bridgehead atoms. The number of ether oxygens (including phenoxy) is 1. The third kappa shape index (κ3) is 3.25. The van der Waals surface area contributed by atoms with Crippen LogP contribution in [0.1, 0.15) is 37.3 Å². The van der Waals surface area contributed by atoms with Gasteiger partial charge in [0.1, 0.15) is 5.75 Å². The highest BCUT2D eigenvalue weighted by atomic mass is 16.5. The number of hydrogen-bond donors (Lipinski definition) is 1. The SMILES string of the molecule is COc1cccc(-c2ccc3c(c2)[C@H]2[C@H](CCN2C(=O)CC2CC2)[C@H](CO)N3C)c1. The van der Waals surface area contributed by atoms with Crippen LogP contribution in [0.2, 0.25) is 0 Å². The number of anilines is 1. The monoisotopic (exact) mass is 406 g/mol. The van der Waals surface area contributed by atoms with Crippen LogP contribution in [0.4, 0.5) is 5.69 Å². The maximum absolute atomic E-state index is 13.1. The molecule has 1 amide bonds. The maximum Gasteiger partial charge on any atom is 0.223 e. The number of carbonyl (C=O) groups is 1. The van der Waals surface area contributed by atoms with Crippen molar-refractivity contribution >= 4 is 11.6 Å². The van der Waals surface area contributed by atoms with Crippen molar-refractivity contribution in [1.29, 1.82) is 0 Å². The quantitative estimate of drug-likeness (QED) is 0.819. The van der Waals surface area contributed by atoms with Crippen LogP contribution < -0.4 is 9.64 Å². The molecule has 2 aliphatic heterocycles. The van der Waals surface area contributed by atoms with Gasteiger partial charge < -0.3 is 19.6 Å². The van der Waals surface area contributed by atoms with Gasteiger partial charge in [0.25, 0.3) is 0 Å². The average molecular weight is 407 g/mol. The van der Waals surface area contributed by atoms with Gasteiger partial charge in [0.15, 0.2) is 0 Å². The Balaban J connectivity index is 1.56. The summed E-state index contributed by atoms with van der Waals surface area (Å²) in [6, 6.07) is 14.7. The number of methoxy groups -OCH3 is 1. The predicted octanol–water partition coefficient (Wildman–Crippen LogP) is 3.86. The highest BCUT2D eigenvalue weighted by Crippen LogP contribution is 2.50. The van der Waals surface area contributed by atoms with E-state index in [1.54, 1.807) is 7.11 Å². The second-order valence-electron chi connectivity index (χ2n) is 9.00. The average Bonchev–Trinajstić information content (AvgIpc) is 3.48. The Bertz CT molecular complexity index is 955. The van der Waals surface area contributed by atoms with Crippen LogP contribution in [0, 0.1) is 11.8 Å². The topological polar surface area (TPSA) is 53.0 Å². The first-order chi connectivity index (χ1) is 14.6. The molecule has 0 aromatic heterocycles. The number of likely N-dealkylation sites (N-methyl/N-ethyl adjacent to an activating group) is 1. The lowest BCUT2D eigenvalue weighted by molar-refractivity contribution is -0.133. The summed E-state index contributed by atoms with van der Waals surface area (Å²) in [7, 11) is 3.75. The zero-order chi connectivity index (χ0) is 20.8. The molecule has 2 fully saturated rings. The number of rotatable bonds is 5. The van der Waals surface area contributed by atoms with Gasteiger partial charge in [0, 0.05) is 31.6 Å². The lowest BCUT2D eigenvalue weighted by Crippen LogP contribution is -2.48. The van der Waals surface area contributed by atoms with Gasteiger partial charge in [-0.1, -0.05) is 18.2 Å². The molecule has 5 nitrogen and oxygen atoms in total. The van der Waals surface area contributed by atoms with Crippen molar-refractivity contribution in [2.24, 2.45) is 11.8 Å². The van der Waals surface area contributed by atoms with E-state index in [1.807, 2.05) is 18.2 Å². The fraction of sp³-hybridized carbons (Fsp3) is 0.480. The number of amides is 1. The number of hydrogen-bond acceptors (Lipinski definition) is 4. The highest BCUT2D eigenvalue weighted by molar-refractivity contribution is 5.79. The van der Waals surface area contributed by atoms with Crippen molar-refractivity contribution in [1.82, 2.24) is 4.90 Å². The summed E-state index contributed by atoms with van der Waals surface area (Å²) in [5, 5.41) is 10.1. The van der Waals surface area contributed by atoms with Crippen molar-refractivity contribution < 1.29 is 14.6 Å². The molecule has 5 heteroatoms. The summed E-state index contributed by atoms with van der Waals surface area (Å²) in [5.41, 5.74) is 4.56. The molecule has 2 aromatic rings. The molecule has 158 valence electrons. The molecule has 5 rings (SSSR count). The molecule has 2 aromatic carbocycles. The first-order valence-corrected chi connectivity index (χ1v) is 11.0. The Morgan fingerprint density at radius 3 is 2.67 bits per heavy atom. The smallest absolute Gasteiger partial charge is 0.223 e. The van der Waals surface area contributed by atoms with E-state index < -0.39 is 0 Å². The fourth-order valence-electron chi connectivity index (χ4n) is 5.40. The Hall–Kier alpha value is -2.53. The van der Waals surface area contributed by atoms with Crippen molar-refractivity contribution in [3.63, 3.8) is 0 Å². The van der Waals surface area contributed by atoms with Gasteiger partial charge in [0.2, 0.25) is 5.91 Å². The summed E-state index contributed by atoms with van der Waals surface area (Å²) in [5.74, 6) is 1.96. The van der Waals surface area contributed by atoms with Gasteiger partial charge in [-0.05, 0) is 66.1 Å². The van der Waals surface area contributed by atoms with Gasteiger partial charge in [-0.15, -0.1) is 0 Å². The molecule has 1 N–H and O–H groups in total. The molecule has 3 atom stereocenters. The minimum absolute atomic E-state index is 0.0453. The minimum Gasteiger partial charge on any atom is -0.497 e. The lowest BCUT2D eigenvalue weighted by atomic mass is 9.81. The largest absolute Gasteiger partial charge is 0.497 e. The molecule has 30 heavy (non-hydrogen) atoms. The van der Waals surface area contributed by atoms with E-state index in [0.717, 1.165) is 35.5 Å². The molecule has 0 spiro atoms. The van der Waals surface area contributed by atoms with Gasteiger partial charge in [0.05, 0.1) is 25.8 Å². The number of aliphatic hydroxyl groups is 1. The van der Waals surface area contributed by atoms with Crippen LogP contribution in [0.15, 0.2) is 42.5 Å². The third-order valence-corrected chi connectivity index (χ3v) is 7.23. The second kappa shape index (κ2) is 7.62. The Kier molecular flexibility index (Phi) is 4.94. The van der Waals surface area contributed by atoms with E-state index in [9.17, 15) is 9.90 Å². The van der Waals surface area contributed by atoms with Crippen LogP contribution >= 0.6 is 0 Å². The van der Waals surface area contributed by atoms with Gasteiger partial charge in [-0.25, -0.2) is 0 Å². The van der Waals surface area contributed by atoms with Gasteiger partial charge >= 0.3 is 0 Å². The second-order valence-corrected chi connectivity index (χ2v) is 9.00. The number of carbonyl (C=O) groups excluding carboxylic acids is 1. The normalized spacial score (nSPS) is 25.1. The molecular weight excluding hydrogens is 376 g/mol. The summed E-state index contributed by atoms with van der Waals surface area (Å²) in [6.45, 7) is 0.896. The van der Waals surface area contributed by atoms with E-state index in [4.69, 9.17) is 4.74 Å². The molecular formula is C25H30N2O3. The number of nitrogens with zero attached hydrogens (tertiary/aromatic N) is 2. The summed E-state index contributed by atoms with van der Waals surface area (Å²) >= 11 is 0. The summed E-state index contributed by atoms with van der Waals surface area (Å²) < 4.78 is 5.41. The van der Waals surface area contributed by atoms with Crippen LogP contribution in [0.3, 0.4) is 0 Å². The van der Waals surface area contributed by atoms with Gasteiger partial charge in [-0.3, -0.25) is 4.79 Å². The zero-order valence-electron chi connectivity index (χ0n) is 17.8. The molecule has 0 unspecified atom stereocenters. The fourth-order valence-corrected chi connectivity index (χ4v) is 5.40. The lowest BCUT2D eigenvalue weighted by Gasteiger charge is -2.44. The number of fused-ring (bicyclic) bond motifs is 3. The maximum atomic E-state index is 13.1. The summed E-state index contributed by atoms with van der Waals surface area (Å²) in [6.07, 6.45) is 3.99. The molecule has 1 saturated carbocycles. The van der Waals surface area contributed by atoms with Crippen LogP contribution in [0.5, 0.6) is 5.75 Å². The molecule has 1 saturated heterocycles. The van der Waals surface area contributed by atoms with Gasteiger partial charge in [-0.2, -0.15) is 0 Å². The molecule has 1 aliphatic carbocycles. The number of likely N-dealkylation sites (tertiary alicyclic amines) is 1. The third-order valence-electron chi connectivity index (χ3n) is 7.23. The zero-order valence-corrected chi connectivity index (χ0v) is 17.8. The standard InChI is InChI=1S/C25H30N2O3/c1-26-22-9-8-18(17-4-3-5-19(13-17)30-2)14-21(22)25-20(23(26)15-28)10-11-27(25)24(29)12-16-6-7-16/h3-5,8-9,13-14,16,20,23,25,28H,6-7,10-12,15H2,1-2H3/t20-,23+,25-/m1/s1. The van der Waals surface area contributed by atoms with Crippen molar-refractivity contribution in [3.8, 4) is 16.9 Å². The molecule has 3 aliphatic rings. The molecule has 0 radical (unpaired) electrons. The van der Waals surface area contributed by atoms with E-state index >= 15 is 0 Å². The minimum atomic E-state index is 0.0453. The Morgan fingerprint density at radius 1 is 1.13 bits per heavy atom. The van der Waals surface area contributed by atoms with E-state index in [0.29, 0.717) is 12.3 Å². The van der Waals surface area contributed by atoms with E-state index in [2.05, 4.69) is 41.1 Å². The number of benzene rings is 2. The van der Waals surface area contributed by atoms with Crippen molar-refractivity contribution in [2.75, 3.05) is 32.2 Å². The highest BCUT2D eigenvalue weighted by Gasteiger charge is 2.48. The molecule has 2 heterocycles. The van der Waals surface area contributed by atoms with E-state index in [1.165, 1.54) is 18.4 Å². The van der Waals surface area contributed by atoms with E-state index in [-0.39, 0.29) is 30.5 Å². The van der Waals surface area contributed by atoms with Crippen molar-refractivity contribution in [2.45, 2.75) is 37.8 Å².